The summed E-state index contributed by atoms with van der Waals surface area (Å²) in [6.07, 6.45) is 4.61. The molecule has 7 rings (SSSR count). The van der Waals surface area contributed by atoms with E-state index in [4.69, 9.17) is 4.74 Å². The Labute approximate surface area is 227 Å². The summed E-state index contributed by atoms with van der Waals surface area (Å²) in [6, 6.07) is 7.60. The summed E-state index contributed by atoms with van der Waals surface area (Å²) in [5.74, 6) is -1.68. The number of pyridine rings is 1. The third kappa shape index (κ3) is 3.66. The SMILES string of the molecule is N#CC1(c2ccc(-c3c(F)cc(N4CC(n5ccnn5)OC4=O)cc3F)cn2)[C@@H]2CN(C(=O)[C@@H]3CCCN3)C[C@@H]21. The molecule has 11 nitrogen and oxygen atoms in total. The van der Waals surface area contributed by atoms with Gasteiger partial charge in [-0.15, -0.1) is 5.10 Å². The number of piperidine rings is 1. The van der Waals surface area contributed by atoms with Gasteiger partial charge in [0.25, 0.3) is 0 Å². The molecule has 0 spiro atoms. The summed E-state index contributed by atoms with van der Waals surface area (Å²) in [6.45, 7) is 1.85. The number of nitrogens with zero attached hydrogens (tertiary/aromatic N) is 7. The maximum Gasteiger partial charge on any atom is 0.416 e. The van der Waals surface area contributed by atoms with E-state index in [0.717, 1.165) is 36.4 Å². The van der Waals surface area contributed by atoms with Crippen LogP contribution in [0.5, 0.6) is 0 Å². The molecule has 3 aromatic rings. The number of nitriles is 1. The molecule has 5 atom stereocenters. The second kappa shape index (κ2) is 9.06. The van der Waals surface area contributed by atoms with Gasteiger partial charge < -0.3 is 15.0 Å². The first-order valence-corrected chi connectivity index (χ1v) is 13.1. The Morgan fingerprint density at radius 2 is 1.95 bits per heavy atom. The number of benzene rings is 1. The van der Waals surface area contributed by atoms with E-state index in [1.165, 1.54) is 23.3 Å². The number of likely N-dealkylation sites (tertiary alicyclic amines) is 1. The molecule has 0 radical (unpaired) electrons. The number of carbonyl (C=O) groups excluding carboxylic acids is 2. The zero-order valence-corrected chi connectivity index (χ0v) is 21.2. The zero-order chi connectivity index (χ0) is 27.6. The molecule has 1 aliphatic carbocycles. The molecule has 1 aromatic carbocycles. The lowest BCUT2D eigenvalue weighted by molar-refractivity contribution is -0.132. The number of anilines is 1. The highest BCUT2D eigenvalue weighted by Crippen LogP contribution is 2.62. The van der Waals surface area contributed by atoms with Crippen LogP contribution in [0.15, 0.2) is 42.9 Å². The molecule has 2 aromatic heterocycles. The lowest BCUT2D eigenvalue weighted by atomic mass is 9.95. The van der Waals surface area contributed by atoms with Crippen molar-refractivity contribution in [2.75, 3.05) is 31.1 Å². The van der Waals surface area contributed by atoms with Gasteiger partial charge >= 0.3 is 6.09 Å². The van der Waals surface area contributed by atoms with Gasteiger partial charge in [-0.25, -0.2) is 18.3 Å². The zero-order valence-electron chi connectivity index (χ0n) is 21.2. The average Bonchev–Trinajstić information content (AvgIpc) is 3.64. The fourth-order valence-corrected chi connectivity index (χ4v) is 6.47. The highest BCUT2D eigenvalue weighted by Gasteiger charge is 2.71. The van der Waals surface area contributed by atoms with E-state index in [-0.39, 0.29) is 47.1 Å². The molecule has 13 heteroatoms. The van der Waals surface area contributed by atoms with Crippen LogP contribution in [0.25, 0.3) is 11.1 Å². The highest BCUT2D eigenvalue weighted by atomic mass is 19.1. The van der Waals surface area contributed by atoms with Crippen molar-refractivity contribution < 1.29 is 23.1 Å². The quantitative estimate of drug-likeness (QED) is 0.517. The fraction of sp³-hybridized carbons (Fsp3) is 0.407. The van der Waals surface area contributed by atoms with Crippen molar-refractivity contribution in [2.24, 2.45) is 11.8 Å². The Morgan fingerprint density at radius 1 is 1.18 bits per heavy atom. The highest BCUT2D eigenvalue weighted by molar-refractivity contribution is 5.90. The fourth-order valence-electron chi connectivity index (χ4n) is 6.47. The summed E-state index contributed by atoms with van der Waals surface area (Å²) in [4.78, 5) is 32.5. The molecule has 2 amide bonds. The Kier molecular flexibility index (Phi) is 5.57. The first-order valence-electron chi connectivity index (χ1n) is 13.1. The molecule has 204 valence electrons. The molecular weight excluding hydrogens is 522 g/mol. The van der Waals surface area contributed by atoms with Gasteiger partial charge in [-0.1, -0.05) is 11.3 Å². The molecule has 0 bridgehead atoms. The maximum absolute atomic E-state index is 15.2. The summed E-state index contributed by atoms with van der Waals surface area (Å²) >= 11 is 0. The van der Waals surface area contributed by atoms with Crippen LogP contribution in [0.1, 0.15) is 24.8 Å². The molecular formula is C27H24F2N8O3. The number of aromatic nitrogens is 4. The molecule has 4 aliphatic rings. The lowest BCUT2D eigenvalue weighted by Gasteiger charge is -2.25. The minimum Gasteiger partial charge on any atom is -0.421 e. The topological polar surface area (TPSA) is 129 Å². The van der Waals surface area contributed by atoms with Crippen molar-refractivity contribution in [3.8, 4) is 17.2 Å². The molecule has 40 heavy (non-hydrogen) atoms. The summed E-state index contributed by atoms with van der Waals surface area (Å²) in [5, 5.41) is 20.8. The molecule has 5 heterocycles. The van der Waals surface area contributed by atoms with Crippen LogP contribution in [0.2, 0.25) is 0 Å². The van der Waals surface area contributed by atoms with Gasteiger partial charge in [0.1, 0.15) is 17.0 Å². The van der Waals surface area contributed by atoms with Crippen molar-refractivity contribution in [1.82, 2.24) is 30.2 Å². The van der Waals surface area contributed by atoms with Crippen LogP contribution in [-0.2, 0) is 14.9 Å². The number of fused-ring (bicyclic) bond motifs is 1. The Morgan fingerprint density at radius 3 is 2.55 bits per heavy atom. The van der Waals surface area contributed by atoms with E-state index < -0.39 is 29.4 Å². The van der Waals surface area contributed by atoms with Crippen LogP contribution in [0, 0.1) is 34.8 Å². The van der Waals surface area contributed by atoms with Crippen molar-refractivity contribution >= 4 is 17.7 Å². The number of halogens is 2. The second-order valence-corrected chi connectivity index (χ2v) is 10.6. The summed E-state index contributed by atoms with van der Waals surface area (Å²) in [7, 11) is 0. The maximum atomic E-state index is 15.2. The van der Waals surface area contributed by atoms with Crippen molar-refractivity contribution in [1.29, 1.82) is 5.26 Å². The van der Waals surface area contributed by atoms with Crippen LogP contribution < -0.4 is 10.2 Å². The normalized spacial score (nSPS) is 28.9. The summed E-state index contributed by atoms with van der Waals surface area (Å²) in [5.41, 5.74) is -0.340. The largest absolute Gasteiger partial charge is 0.421 e. The molecule has 2 unspecified atom stereocenters. The molecule has 1 N–H and O–H groups in total. The van der Waals surface area contributed by atoms with Crippen LogP contribution in [-0.4, -0.2) is 69.1 Å². The van der Waals surface area contributed by atoms with E-state index in [2.05, 4.69) is 26.7 Å². The standard InChI is InChI=1S/C27H24F2N8O3/c28-19-8-16(36-13-23(40-26(36)39)37-7-6-33-34-37)9-20(29)24(19)15-3-4-22(32-10-15)27(14-30)17-11-35(12-18(17)27)25(38)21-2-1-5-31-21/h3-4,6-10,17-18,21,23,31H,1-2,5,11-13H2/t17-,18+,21-,23?,27?/m0/s1. The minimum atomic E-state index is -0.866. The van der Waals surface area contributed by atoms with E-state index >= 15 is 8.78 Å². The Balaban J connectivity index is 1.08. The van der Waals surface area contributed by atoms with E-state index in [0.29, 0.717) is 18.8 Å². The number of rotatable bonds is 5. The van der Waals surface area contributed by atoms with Gasteiger partial charge in [0.15, 0.2) is 0 Å². The van der Waals surface area contributed by atoms with Gasteiger partial charge in [0, 0.05) is 42.9 Å². The number of hydrogen-bond acceptors (Lipinski definition) is 8. The third-order valence-corrected chi connectivity index (χ3v) is 8.58. The monoisotopic (exact) mass is 546 g/mol. The molecule has 3 aliphatic heterocycles. The molecule has 4 fully saturated rings. The first-order chi connectivity index (χ1) is 19.4. The van der Waals surface area contributed by atoms with Crippen molar-refractivity contribution in [3.05, 3.63) is 60.2 Å². The number of nitrogens with one attached hydrogen (secondary N) is 1. The van der Waals surface area contributed by atoms with E-state index in [1.54, 1.807) is 12.1 Å². The van der Waals surface area contributed by atoms with Crippen molar-refractivity contribution in [3.63, 3.8) is 0 Å². The second-order valence-electron chi connectivity index (χ2n) is 10.6. The van der Waals surface area contributed by atoms with Gasteiger partial charge in [0.05, 0.1) is 41.8 Å². The lowest BCUT2D eigenvalue weighted by Crippen LogP contribution is -2.44. The summed E-state index contributed by atoms with van der Waals surface area (Å²) < 4.78 is 37.0. The molecule has 1 saturated carbocycles. The average molecular weight is 547 g/mol. The number of carbonyl (C=O) groups is 2. The van der Waals surface area contributed by atoms with Gasteiger partial charge in [0.2, 0.25) is 12.1 Å². The third-order valence-electron chi connectivity index (χ3n) is 8.58. The van der Waals surface area contributed by atoms with Crippen LogP contribution in [0.3, 0.4) is 0 Å². The molecule has 3 saturated heterocycles. The van der Waals surface area contributed by atoms with Gasteiger partial charge in [-0.2, -0.15) is 5.26 Å². The predicted molar refractivity (Wildman–Crippen MR) is 134 cm³/mol. The van der Waals surface area contributed by atoms with E-state index in [1.807, 2.05) is 4.90 Å². The minimum absolute atomic E-state index is 0.00937. The van der Waals surface area contributed by atoms with E-state index in [9.17, 15) is 14.9 Å². The number of amides is 2. The Hall–Kier alpha value is -4.44. The number of ether oxygens (including phenoxy) is 1. The van der Waals surface area contributed by atoms with Crippen LogP contribution in [0.4, 0.5) is 19.3 Å². The Bertz CT molecular complexity index is 1500. The van der Waals surface area contributed by atoms with Gasteiger partial charge in [-0.3, -0.25) is 14.7 Å². The number of cyclic esters (lactones) is 1. The van der Waals surface area contributed by atoms with Crippen molar-refractivity contribution in [2.45, 2.75) is 30.5 Å². The first kappa shape index (κ1) is 24.6. The smallest absolute Gasteiger partial charge is 0.416 e. The predicted octanol–water partition coefficient (Wildman–Crippen LogP) is 2.38. The van der Waals surface area contributed by atoms with Gasteiger partial charge in [-0.05, 0) is 37.6 Å². The van der Waals surface area contributed by atoms with Crippen LogP contribution >= 0.6 is 0 Å². The number of hydrogen-bond donors (Lipinski definition) is 1.